The molecule has 2 radical (unpaired) electrons. The first-order valence-corrected chi connectivity index (χ1v) is 10.5. The summed E-state index contributed by atoms with van der Waals surface area (Å²) in [5.41, 5.74) is 1.45. The zero-order valence-electron chi connectivity index (χ0n) is 15.2. The van der Waals surface area contributed by atoms with E-state index >= 15 is 0 Å². The number of rotatable bonds is 4. The van der Waals surface area contributed by atoms with Crippen LogP contribution in [-0.2, 0) is 25.3 Å². The standard InChI is InChI=1S/2C8H10N2OS2.Pb/c2*1-6(7-4-3-5-11-7)9-10-8(12)13-2;/h2*3-5H,1-2H3,(H,10,12);/q;;+2/p-2/b2*9-6+;. The smallest absolute Gasteiger partial charge is 0.752 e. The number of thioether (sulfide) groups is 2. The maximum Gasteiger partial charge on any atom is 2.00 e. The summed E-state index contributed by atoms with van der Waals surface area (Å²) in [6, 6.07) is 7.27. The SMILES string of the molecule is CS/C([S-])=N/N=C(\C)c1ccco1.CS/C([S-])=N/N=C(\C)c1ccco1.[Pb+2]. The van der Waals surface area contributed by atoms with Gasteiger partial charge in [0.2, 0.25) is 0 Å². The second-order valence-electron chi connectivity index (χ2n) is 4.47. The molecule has 2 rings (SSSR count). The van der Waals surface area contributed by atoms with Crippen molar-refractivity contribution in [2.24, 2.45) is 20.4 Å². The molecular formula is C16H18N4O2PbS4. The monoisotopic (exact) mass is 634 g/mol. The second kappa shape index (κ2) is 15.3. The van der Waals surface area contributed by atoms with E-state index in [1.807, 2.05) is 38.5 Å². The van der Waals surface area contributed by atoms with Crippen molar-refractivity contribution in [1.29, 1.82) is 0 Å². The van der Waals surface area contributed by atoms with Crippen molar-refractivity contribution in [3.63, 3.8) is 0 Å². The van der Waals surface area contributed by atoms with Crippen LogP contribution in [0.4, 0.5) is 0 Å². The first kappa shape index (κ1) is 26.3. The molecule has 2 aromatic heterocycles. The van der Waals surface area contributed by atoms with Gasteiger partial charge in [0.1, 0.15) is 22.9 Å². The summed E-state index contributed by atoms with van der Waals surface area (Å²) in [6.07, 6.45) is 6.93. The first-order chi connectivity index (χ1) is 12.5. The van der Waals surface area contributed by atoms with Gasteiger partial charge in [-0.3, -0.25) is 0 Å². The van der Waals surface area contributed by atoms with Crippen LogP contribution in [0.2, 0.25) is 0 Å². The van der Waals surface area contributed by atoms with Crippen molar-refractivity contribution >= 4 is 96.3 Å². The molecule has 0 atom stereocenters. The zero-order valence-corrected chi connectivity index (χ0v) is 22.4. The molecule has 0 bridgehead atoms. The van der Waals surface area contributed by atoms with Crippen molar-refractivity contribution in [3.05, 3.63) is 48.3 Å². The Morgan fingerprint density at radius 2 is 1.15 bits per heavy atom. The van der Waals surface area contributed by atoms with Gasteiger partial charge in [0.25, 0.3) is 0 Å². The minimum atomic E-state index is 0. The van der Waals surface area contributed by atoms with Crippen LogP contribution in [0.25, 0.3) is 0 Å². The Morgan fingerprint density at radius 1 is 0.778 bits per heavy atom. The fraction of sp³-hybridized carbons (Fsp3) is 0.250. The van der Waals surface area contributed by atoms with E-state index in [1.165, 1.54) is 23.5 Å². The Kier molecular flexibility index (Phi) is 14.9. The molecule has 0 saturated heterocycles. The summed E-state index contributed by atoms with van der Waals surface area (Å²) < 4.78 is 11.3. The quantitative estimate of drug-likeness (QED) is 0.166. The van der Waals surface area contributed by atoms with Crippen LogP contribution in [0.1, 0.15) is 25.4 Å². The molecule has 0 spiro atoms. The third kappa shape index (κ3) is 11.0. The van der Waals surface area contributed by atoms with Gasteiger partial charge in [0, 0.05) is 0 Å². The fourth-order valence-corrected chi connectivity index (χ4v) is 1.71. The van der Waals surface area contributed by atoms with Crippen molar-refractivity contribution < 1.29 is 8.83 Å². The van der Waals surface area contributed by atoms with Gasteiger partial charge in [-0.2, -0.15) is 20.4 Å². The molecule has 0 amide bonds. The van der Waals surface area contributed by atoms with Crippen molar-refractivity contribution in [2.45, 2.75) is 13.8 Å². The molecule has 0 saturated carbocycles. The molecule has 0 aliphatic heterocycles. The van der Waals surface area contributed by atoms with Crippen LogP contribution in [0, 0.1) is 0 Å². The summed E-state index contributed by atoms with van der Waals surface area (Å²) in [4.78, 5) is 0. The van der Waals surface area contributed by atoms with E-state index in [4.69, 9.17) is 34.1 Å². The third-order valence-corrected chi connectivity index (χ3v) is 4.69. The molecule has 142 valence electrons. The molecule has 6 nitrogen and oxygen atoms in total. The fourth-order valence-electron chi connectivity index (χ4n) is 1.38. The van der Waals surface area contributed by atoms with E-state index in [0.29, 0.717) is 20.3 Å². The normalized spacial score (nSPS) is 12.9. The van der Waals surface area contributed by atoms with Crippen LogP contribution in [0.3, 0.4) is 0 Å². The van der Waals surface area contributed by atoms with Gasteiger partial charge in [-0.05, 0) is 59.4 Å². The first-order valence-electron chi connectivity index (χ1n) is 7.22. The molecule has 27 heavy (non-hydrogen) atoms. The van der Waals surface area contributed by atoms with Gasteiger partial charge in [0.05, 0.1) is 12.5 Å². The van der Waals surface area contributed by atoms with Crippen LogP contribution < -0.4 is 0 Å². The molecule has 2 aromatic rings. The van der Waals surface area contributed by atoms with Crippen LogP contribution in [0.5, 0.6) is 0 Å². The summed E-state index contributed by atoms with van der Waals surface area (Å²) in [5.74, 6) is 1.43. The average molecular weight is 634 g/mol. The van der Waals surface area contributed by atoms with Crippen molar-refractivity contribution in [1.82, 2.24) is 0 Å². The average Bonchev–Trinajstić information content (AvgIpc) is 3.37. The molecule has 2 heterocycles. The maximum atomic E-state index is 5.12. The number of hydrogen-bond acceptors (Lipinski definition) is 10. The van der Waals surface area contributed by atoms with Gasteiger partial charge < -0.3 is 34.1 Å². The molecular weight excluding hydrogens is 616 g/mol. The predicted octanol–water partition coefficient (Wildman–Crippen LogP) is 4.16. The summed E-state index contributed by atoms with van der Waals surface area (Å²) in [6.45, 7) is 3.65. The number of furan rings is 2. The Morgan fingerprint density at radius 3 is 1.41 bits per heavy atom. The van der Waals surface area contributed by atoms with E-state index in [-0.39, 0.29) is 27.3 Å². The second-order valence-corrected chi connectivity index (χ2v) is 7.35. The Bertz CT molecular complexity index is 706. The third-order valence-electron chi connectivity index (χ3n) is 2.67. The zero-order chi connectivity index (χ0) is 19.4. The van der Waals surface area contributed by atoms with Gasteiger partial charge in [0.15, 0.2) is 0 Å². The van der Waals surface area contributed by atoms with E-state index < -0.39 is 0 Å². The Balaban J connectivity index is 0.000000483. The van der Waals surface area contributed by atoms with Crippen LogP contribution >= 0.6 is 23.5 Å². The molecule has 0 aliphatic rings. The van der Waals surface area contributed by atoms with Gasteiger partial charge in [-0.15, -0.1) is 23.5 Å². The largest absolute Gasteiger partial charge is 2.00 e. The molecule has 11 heteroatoms. The maximum absolute atomic E-state index is 5.12. The molecule has 0 unspecified atom stereocenters. The Labute approximate surface area is 198 Å². The van der Waals surface area contributed by atoms with E-state index in [0.717, 1.165) is 11.4 Å². The van der Waals surface area contributed by atoms with E-state index in [2.05, 4.69) is 20.4 Å². The predicted molar refractivity (Wildman–Crippen MR) is 124 cm³/mol. The molecule has 0 fully saturated rings. The summed E-state index contributed by atoms with van der Waals surface area (Å²) in [5, 5.41) is 15.5. The number of nitrogens with zero attached hydrogens (tertiary/aromatic N) is 4. The minimum absolute atomic E-state index is 0. The summed E-state index contributed by atoms with van der Waals surface area (Å²) in [7, 11) is 0. The van der Waals surface area contributed by atoms with Crippen molar-refractivity contribution in [3.8, 4) is 0 Å². The minimum Gasteiger partial charge on any atom is -0.752 e. The van der Waals surface area contributed by atoms with Crippen LogP contribution in [-0.4, -0.2) is 60.0 Å². The summed E-state index contributed by atoms with van der Waals surface area (Å²) >= 11 is 12.5. The van der Waals surface area contributed by atoms with E-state index in [9.17, 15) is 0 Å². The van der Waals surface area contributed by atoms with Crippen molar-refractivity contribution in [2.75, 3.05) is 12.5 Å². The molecule has 0 aromatic carbocycles. The van der Waals surface area contributed by atoms with E-state index in [1.54, 1.807) is 24.7 Å². The topological polar surface area (TPSA) is 75.7 Å². The molecule has 0 N–H and O–H groups in total. The Hall–Kier alpha value is -0.698. The van der Waals surface area contributed by atoms with Gasteiger partial charge in [-0.1, -0.05) is 0 Å². The van der Waals surface area contributed by atoms with Gasteiger partial charge >= 0.3 is 27.3 Å². The molecule has 0 aliphatic carbocycles. The van der Waals surface area contributed by atoms with Gasteiger partial charge in [-0.25, -0.2) is 0 Å². The van der Waals surface area contributed by atoms with Crippen LogP contribution in [0.15, 0.2) is 66.0 Å². The number of hydrogen-bond donors (Lipinski definition) is 0.